The van der Waals surface area contributed by atoms with E-state index in [0.29, 0.717) is 25.3 Å². The van der Waals surface area contributed by atoms with Gasteiger partial charge in [-0.05, 0) is 32.3 Å². The zero-order valence-corrected chi connectivity index (χ0v) is 12.7. The van der Waals surface area contributed by atoms with E-state index in [2.05, 4.69) is 4.90 Å². The van der Waals surface area contributed by atoms with Gasteiger partial charge in [0.25, 0.3) is 0 Å². The molecule has 3 unspecified atom stereocenters. The Morgan fingerprint density at radius 2 is 2.24 bits per heavy atom. The van der Waals surface area contributed by atoms with Crippen LogP contribution in [0.25, 0.3) is 0 Å². The molecule has 4 nitrogen and oxygen atoms in total. The number of benzene rings is 1. The summed E-state index contributed by atoms with van der Waals surface area (Å²) in [6.07, 6.45) is 3.44. The first-order valence-corrected chi connectivity index (χ1v) is 8.05. The maximum absolute atomic E-state index is 10.6. The molecular formula is C17H25NO3. The number of β-amino-alcohol motifs (C(OH)–C–C–N with tert-alkyl or cyclic N) is 1. The van der Waals surface area contributed by atoms with Crippen LogP contribution < -0.4 is 4.74 Å². The normalized spacial score (nSPS) is 27.3. The minimum atomic E-state index is -0.507. The summed E-state index contributed by atoms with van der Waals surface area (Å²) in [6, 6.07) is 8.27. The summed E-state index contributed by atoms with van der Waals surface area (Å²) in [7, 11) is 0. The Bertz CT molecular complexity index is 465. The van der Waals surface area contributed by atoms with Crippen LogP contribution in [0.15, 0.2) is 24.3 Å². The minimum Gasteiger partial charge on any atom is -0.493 e. The Morgan fingerprint density at radius 1 is 1.38 bits per heavy atom. The highest BCUT2D eigenvalue weighted by Crippen LogP contribution is 2.32. The summed E-state index contributed by atoms with van der Waals surface area (Å²) in [5.41, 5.74) is 0.889. The van der Waals surface area contributed by atoms with E-state index < -0.39 is 6.10 Å². The number of ether oxygens (including phenoxy) is 2. The molecule has 0 spiro atoms. The largest absolute Gasteiger partial charge is 0.493 e. The van der Waals surface area contributed by atoms with Crippen LogP contribution in [-0.4, -0.2) is 48.5 Å². The van der Waals surface area contributed by atoms with Gasteiger partial charge in [-0.3, -0.25) is 4.90 Å². The van der Waals surface area contributed by atoms with Crippen LogP contribution in [0.5, 0.6) is 5.75 Å². The van der Waals surface area contributed by atoms with Gasteiger partial charge < -0.3 is 14.6 Å². The van der Waals surface area contributed by atoms with Crippen molar-refractivity contribution in [3.8, 4) is 5.75 Å². The summed E-state index contributed by atoms with van der Waals surface area (Å²) >= 11 is 0. The molecule has 1 aliphatic carbocycles. The third-order valence-electron chi connectivity index (χ3n) is 4.58. The molecule has 1 saturated carbocycles. The van der Waals surface area contributed by atoms with Gasteiger partial charge in [0, 0.05) is 24.7 Å². The fourth-order valence-electron chi connectivity index (χ4n) is 3.60. The minimum absolute atomic E-state index is 0.369. The number of aliphatic hydroxyl groups is 1. The lowest BCUT2D eigenvalue weighted by atomic mass is 10.0. The second-order valence-electron chi connectivity index (χ2n) is 5.89. The van der Waals surface area contributed by atoms with Crippen molar-refractivity contribution in [2.24, 2.45) is 0 Å². The highest BCUT2D eigenvalue weighted by molar-refractivity contribution is 5.35. The molecule has 0 amide bonds. The second kappa shape index (κ2) is 6.77. The van der Waals surface area contributed by atoms with Crippen molar-refractivity contribution in [1.29, 1.82) is 0 Å². The number of hydrogen-bond donors (Lipinski definition) is 1. The van der Waals surface area contributed by atoms with Gasteiger partial charge in [0.05, 0.1) is 25.4 Å². The zero-order valence-electron chi connectivity index (χ0n) is 12.7. The zero-order chi connectivity index (χ0) is 14.7. The molecule has 1 saturated heterocycles. The number of nitrogens with zero attached hydrogens (tertiary/aromatic N) is 1. The maximum atomic E-state index is 10.6. The van der Waals surface area contributed by atoms with Crippen LogP contribution in [0.4, 0.5) is 0 Å². The van der Waals surface area contributed by atoms with Gasteiger partial charge in [0.1, 0.15) is 5.75 Å². The Morgan fingerprint density at radius 3 is 3.10 bits per heavy atom. The fourth-order valence-corrected chi connectivity index (χ4v) is 3.60. The number of hydrogen-bond acceptors (Lipinski definition) is 4. The number of aliphatic hydroxyl groups excluding tert-OH is 1. The SMILES string of the molecule is CCOc1ccccc1C(O)CN1CCOC2CCCC21. The van der Waals surface area contributed by atoms with Crippen molar-refractivity contribution in [1.82, 2.24) is 4.90 Å². The Kier molecular flexibility index (Phi) is 4.78. The van der Waals surface area contributed by atoms with Crippen molar-refractivity contribution in [2.75, 3.05) is 26.3 Å². The molecule has 116 valence electrons. The third kappa shape index (κ3) is 3.23. The Hall–Kier alpha value is -1.10. The van der Waals surface area contributed by atoms with E-state index in [1.54, 1.807) is 0 Å². The molecule has 1 aliphatic heterocycles. The molecule has 21 heavy (non-hydrogen) atoms. The summed E-state index contributed by atoms with van der Waals surface area (Å²) < 4.78 is 11.5. The molecule has 3 atom stereocenters. The van der Waals surface area contributed by atoms with Crippen molar-refractivity contribution >= 4 is 0 Å². The highest BCUT2D eigenvalue weighted by Gasteiger charge is 2.36. The van der Waals surface area contributed by atoms with E-state index in [-0.39, 0.29) is 0 Å². The van der Waals surface area contributed by atoms with Crippen LogP contribution in [0, 0.1) is 0 Å². The van der Waals surface area contributed by atoms with E-state index in [0.717, 1.165) is 30.9 Å². The van der Waals surface area contributed by atoms with Crippen molar-refractivity contribution < 1.29 is 14.6 Å². The first-order chi connectivity index (χ1) is 10.3. The Balaban J connectivity index is 1.69. The first kappa shape index (κ1) is 14.8. The van der Waals surface area contributed by atoms with Crippen molar-refractivity contribution in [2.45, 2.75) is 44.4 Å². The molecule has 0 radical (unpaired) electrons. The van der Waals surface area contributed by atoms with Gasteiger partial charge in [-0.1, -0.05) is 18.2 Å². The number of para-hydroxylation sites is 1. The van der Waals surface area contributed by atoms with Crippen LogP contribution in [-0.2, 0) is 4.74 Å². The molecule has 0 aromatic heterocycles. The molecule has 4 heteroatoms. The lowest BCUT2D eigenvalue weighted by Crippen LogP contribution is -2.49. The Labute approximate surface area is 126 Å². The van der Waals surface area contributed by atoms with Crippen LogP contribution in [0.3, 0.4) is 0 Å². The number of rotatable bonds is 5. The molecule has 3 rings (SSSR count). The average Bonchev–Trinajstić information content (AvgIpc) is 2.98. The lowest BCUT2D eigenvalue weighted by Gasteiger charge is -2.38. The fraction of sp³-hybridized carbons (Fsp3) is 0.647. The van der Waals surface area contributed by atoms with Gasteiger partial charge >= 0.3 is 0 Å². The van der Waals surface area contributed by atoms with Gasteiger partial charge in [0.15, 0.2) is 0 Å². The molecule has 0 bridgehead atoms. The third-order valence-corrected chi connectivity index (χ3v) is 4.58. The van der Waals surface area contributed by atoms with Gasteiger partial charge in [0.2, 0.25) is 0 Å². The van der Waals surface area contributed by atoms with E-state index >= 15 is 0 Å². The molecule has 2 aliphatic rings. The summed E-state index contributed by atoms with van der Waals surface area (Å²) in [4.78, 5) is 2.40. The maximum Gasteiger partial charge on any atom is 0.125 e. The first-order valence-electron chi connectivity index (χ1n) is 8.05. The molecule has 2 fully saturated rings. The molecule has 1 N–H and O–H groups in total. The van der Waals surface area contributed by atoms with E-state index in [1.807, 2.05) is 31.2 Å². The molecular weight excluding hydrogens is 266 g/mol. The van der Waals surface area contributed by atoms with Gasteiger partial charge in [-0.2, -0.15) is 0 Å². The monoisotopic (exact) mass is 291 g/mol. The van der Waals surface area contributed by atoms with Crippen molar-refractivity contribution in [3.63, 3.8) is 0 Å². The predicted molar refractivity (Wildman–Crippen MR) is 81.5 cm³/mol. The number of morpholine rings is 1. The predicted octanol–water partition coefficient (Wildman–Crippen LogP) is 2.37. The van der Waals surface area contributed by atoms with Crippen LogP contribution >= 0.6 is 0 Å². The summed E-state index contributed by atoms with van der Waals surface area (Å²) in [6.45, 7) is 4.94. The van der Waals surface area contributed by atoms with Crippen LogP contribution in [0.2, 0.25) is 0 Å². The van der Waals surface area contributed by atoms with Crippen LogP contribution in [0.1, 0.15) is 37.9 Å². The lowest BCUT2D eigenvalue weighted by molar-refractivity contribution is -0.0676. The smallest absolute Gasteiger partial charge is 0.125 e. The van der Waals surface area contributed by atoms with E-state index in [9.17, 15) is 5.11 Å². The number of fused-ring (bicyclic) bond motifs is 1. The van der Waals surface area contributed by atoms with Gasteiger partial charge in [-0.15, -0.1) is 0 Å². The molecule has 1 aromatic rings. The highest BCUT2D eigenvalue weighted by atomic mass is 16.5. The average molecular weight is 291 g/mol. The summed E-state index contributed by atoms with van der Waals surface area (Å²) in [5, 5.41) is 10.6. The van der Waals surface area contributed by atoms with Crippen molar-refractivity contribution in [3.05, 3.63) is 29.8 Å². The second-order valence-corrected chi connectivity index (χ2v) is 5.89. The molecule has 1 heterocycles. The molecule has 1 aromatic carbocycles. The topological polar surface area (TPSA) is 41.9 Å². The van der Waals surface area contributed by atoms with Gasteiger partial charge in [-0.25, -0.2) is 0 Å². The van der Waals surface area contributed by atoms with E-state index in [1.165, 1.54) is 12.8 Å². The summed E-state index contributed by atoms with van der Waals surface area (Å²) in [5.74, 6) is 0.795. The standard InChI is InChI=1S/C17H25NO3/c1-2-20-16-8-4-3-6-13(16)15(19)12-18-10-11-21-17-9-5-7-14(17)18/h3-4,6,8,14-15,17,19H,2,5,7,9-12H2,1H3. The quantitative estimate of drug-likeness (QED) is 0.904. The van der Waals surface area contributed by atoms with E-state index in [4.69, 9.17) is 9.47 Å².